The fourth-order valence-corrected chi connectivity index (χ4v) is 3.48. The van der Waals surface area contributed by atoms with Gasteiger partial charge in [0.15, 0.2) is 0 Å². The predicted molar refractivity (Wildman–Crippen MR) is 75.9 cm³/mol. The number of piperidine rings is 1. The molecule has 3 nitrogen and oxygen atoms in total. The minimum absolute atomic E-state index is 0.605. The lowest BCUT2D eigenvalue weighted by molar-refractivity contribution is 0.0211. The van der Waals surface area contributed by atoms with Crippen LogP contribution < -0.4 is 5.32 Å². The number of likely N-dealkylation sites (tertiary alicyclic amines) is 1. The Morgan fingerprint density at radius 3 is 2.50 bits per heavy atom. The fraction of sp³-hybridized carbons (Fsp3) is 1.00. The smallest absolute Gasteiger partial charge is 0.0469 e. The molecule has 18 heavy (non-hydrogen) atoms. The molecule has 0 radical (unpaired) electrons. The van der Waals surface area contributed by atoms with E-state index in [1.165, 1.54) is 38.8 Å². The molecule has 2 aliphatic rings. The van der Waals surface area contributed by atoms with E-state index in [0.29, 0.717) is 12.1 Å². The van der Waals surface area contributed by atoms with Gasteiger partial charge in [0.1, 0.15) is 0 Å². The number of ether oxygens (including phenoxy) is 1. The topological polar surface area (TPSA) is 24.5 Å². The van der Waals surface area contributed by atoms with Crippen LogP contribution in [0.25, 0.3) is 0 Å². The van der Waals surface area contributed by atoms with Crippen molar-refractivity contribution in [2.24, 2.45) is 5.92 Å². The van der Waals surface area contributed by atoms with Gasteiger partial charge < -0.3 is 10.1 Å². The van der Waals surface area contributed by atoms with Crippen LogP contribution >= 0.6 is 0 Å². The lowest BCUT2D eigenvalue weighted by Crippen LogP contribution is -2.52. The van der Waals surface area contributed by atoms with Gasteiger partial charge in [0, 0.05) is 37.9 Å². The average Bonchev–Trinajstić information content (AvgIpc) is 2.38. The molecule has 2 saturated heterocycles. The molecule has 2 heterocycles. The van der Waals surface area contributed by atoms with Crippen molar-refractivity contribution in [1.82, 2.24) is 10.2 Å². The lowest BCUT2D eigenvalue weighted by Gasteiger charge is -2.41. The minimum Gasteiger partial charge on any atom is -0.381 e. The van der Waals surface area contributed by atoms with Crippen LogP contribution in [-0.4, -0.2) is 49.3 Å². The first-order valence-corrected chi connectivity index (χ1v) is 7.74. The summed E-state index contributed by atoms with van der Waals surface area (Å²) in [5.74, 6) is 0.844. The van der Waals surface area contributed by atoms with Crippen molar-refractivity contribution in [3.05, 3.63) is 0 Å². The SMILES string of the molecule is CC(C)NC1CCCN(C(C)C2CCOCC2)C1. The molecule has 2 rings (SSSR count). The zero-order valence-corrected chi connectivity index (χ0v) is 12.3. The molecule has 0 aromatic carbocycles. The number of nitrogens with zero attached hydrogens (tertiary/aromatic N) is 1. The molecule has 106 valence electrons. The summed E-state index contributed by atoms with van der Waals surface area (Å²) in [5.41, 5.74) is 0. The average molecular weight is 254 g/mol. The fourth-order valence-electron chi connectivity index (χ4n) is 3.48. The van der Waals surface area contributed by atoms with Gasteiger partial charge in [0.2, 0.25) is 0 Å². The summed E-state index contributed by atoms with van der Waals surface area (Å²) < 4.78 is 5.48. The highest BCUT2D eigenvalue weighted by molar-refractivity contribution is 4.85. The number of hydrogen-bond donors (Lipinski definition) is 1. The van der Waals surface area contributed by atoms with E-state index in [1.807, 2.05) is 0 Å². The second-order valence-corrected chi connectivity index (χ2v) is 6.35. The molecule has 1 N–H and O–H groups in total. The highest BCUT2D eigenvalue weighted by Gasteiger charge is 2.29. The van der Waals surface area contributed by atoms with Gasteiger partial charge in [-0.2, -0.15) is 0 Å². The maximum Gasteiger partial charge on any atom is 0.0469 e. The molecule has 0 saturated carbocycles. The highest BCUT2D eigenvalue weighted by Crippen LogP contribution is 2.25. The molecule has 0 bridgehead atoms. The van der Waals surface area contributed by atoms with Crippen LogP contribution in [0.1, 0.15) is 46.5 Å². The van der Waals surface area contributed by atoms with Crippen molar-refractivity contribution in [2.45, 2.75) is 64.6 Å². The van der Waals surface area contributed by atoms with E-state index in [0.717, 1.165) is 25.2 Å². The largest absolute Gasteiger partial charge is 0.381 e. The Balaban J connectivity index is 1.83. The molecule has 3 heteroatoms. The molecule has 0 aromatic rings. The normalized spacial score (nSPS) is 29.7. The summed E-state index contributed by atoms with van der Waals surface area (Å²) in [6.45, 7) is 11.4. The van der Waals surface area contributed by atoms with E-state index < -0.39 is 0 Å². The van der Waals surface area contributed by atoms with E-state index in [2.05, 4.69) is 31.0 Å². The van der Waals surface area contributed by atoms with E-state index in [1.54, 1.807) is 0 Å². The molecule has 2 aliphatic heterocycles. The molecular weight excluding hydrogens is 224 g/mol. The van der Waals surface area contributed by atoms with Crippen molar-refractivity contribution in [1.29, 1.82) is 0 Å². The Morgan fingerprint density at radius 2 is 1.83 bits per heavy atom. The van der Waals surface area contributed by atoms with Gasteiger partial charge in [-0.05, 0) is 45.1 Å². The molecule has 0 aromatic heterocycles. The quantitative estimate of drug-likeness (QED) is 0.833. The third-order valence-electron chi connectivity index (χ3n) is 4.55. The predicted octanol–water partition coefficient (Wildman–Crippen LogP) is 2.26. The standard InChI is InChI=1S/C15H30N2O/c1-12(2)16-15-5-4-8-17(11-15)13(3)14-6-9-18-10-7-14/h12-16H,4-11H2,1-3H3. The summed E-state index contributed by atoms with van der Waals surface area (Å²) in [6, 6.07) is 2.03. The summed E-state index contributed by atoms with van der Waals surface area (Å²) in [5, 5.41) is 3.70. The Morgan fingerprint density at radius 1 is 1.11 bits per heavy atom. The molecule has 0 amide bonds. The van der Waals surface area contributed by atoms with Gasteiger partial charge in [-0.15, -0.1) is 0 Å². The maximum atomic E-state index is 5.48. The Bertz CT molecular complexity index is 239. The second-order valence-electron chi connectivity index (χ2n) is 6.35. The van der Waals surface area contributed by atoms with Gasteiger partial charge in [0.25, 0.3) is 0 Å². The van der Waals surface area contributed by atoms with Gasteiger partial charge in [-0.1, -0.05) is 13.8 Å². The third kappa shape index (κ3) is 3.94. The van der Waals surface area contributed by atoms with Crippen LogP contribution in [0.4, 0.5) is 0 Å². The molecule has 0 spiro atoms. The highest BCUT2D eigenvalue weighted by atomic mass is 16.5. The van der Waals surface area contributed by atoms with Crippen LogP contribution in [0.3, 0.4) is 0 Å². The summed E-state index contributed by atoms with van der Waals surface area (Å²) in [7, 11) is 0. The Hall–Kier alpha value is -0.120. The number of rotatable bonds is 4. The first kappa shape index (κ1) is 14.3. The van der Waals surface area contributed by atoms with Gasteiger partial charge in [-0.25, -0.2) is 0 Å². The van der Waals surface area contributed by atoms with Crippen molar-refractivity contribution in [3.8, 4) is 0 Å². The molecule has 2 unspecified atom stereocenters. The minimum atomic E-state index is 0.605. The number of hydrogen-bond acceptors (Lipinski definition) is 3. The van der Waals surface area contributed by atoms with E-state index in [4.69, 9.17) is 4.74 Å². The Kier molecular flexibility index (Phi) is 5.46. The summed E-state index contributed by atoms with van der Waals surface area (Å²) in [6.07, 6.45) is 5.19. The van der Waals surface area contributed by atoms with Gasteiger partial charge in [0.05, 0.1) is 0 Å². The van der Waals surface area contributed by atoms with E-state index in [-0.39, 0.29) is 0 Å². The molecule has 0 aliphatic carbocycles. The van der Waals surface area contributed by atoms with Crippen molar-refractivity contribution < 1.29 is 4.74 Å². The zero-order valence-electron chi connectivity index (χ0n) is 12.3. The van der Waals surface area contributed by atoms with Crippen LogP contribution in [0, 0.1) is 5.92 Å². The first-order valence-electron chi connectivity index (χ1n) is 7.74. The van der Waals surface area contributed by atoms with E-state index in [9.17, 15) is 0 Å². The van der Waals surface area contributed by atoms with Crippen molar-refractivity contribution in [3.63, 3.8) is 0 Å². The monoisotopic (exact) mass is 254 g/mol. The lowest BCUT2D eigenvalue weighted by atomic mass is 9.90. The first-order chi connectivity index (χ1) is 8.66. The van der Waals surface area contributed by atoms with Crippen LogP contribution in [0.5, 0.6) is 0 Å². The van der Waals surface area contributed by atoms with Gasteiger partial charge >= 0.3 is 0 Å². The molecule has 2 fully saturated rings. The second kappa shape index (κ2) is 6.88. The van der Waals surface area contributed by atoms with Crippen molar-refractivity contribution in [2.75, 3.05) is 26.3 Å². The van der Waals surface area contributed by atoms with Gasteiger partial charge in [-0.3, -0.25) is 4.90 Å². The van der Waals surface area contributed by atoms with Crippen LogP contribution in [-0.2, 0) is 4.74 Å². The molecular formula is C15H30N2O. The maximum absolute atomic E-state index is 5.48. The number of nitrogens with one attached hydrogen (secondary N) is 1. The van der Waals surface area contributed by atoms with E-state index >= 15 is 0 Å². The van der Waals surface area contributed by atoms with Crippen LogP contribution in [0.2, 0.25) is 0 Å². The molecule has 2 atom stereocenters. The summed E-state index contributed by atoms with van der Waals surface area (Å²) >= 11 is 0. The third-order valence-corrected chi connectivity index (χ3v) is 4.55. The Labute approximate surface area is 112 Å². The zero-order chi connectivity index (χ0) is 13.0. The summed E-state index contributed by atoms with van der Waals surface area (Å²) in [4.78, 5) is 2.71. The van der Waals surface area contributed by atoms with Crippen molar-refractivity contribution >= 4 is 0 Å². The van der Waals surface area contributed by atoms with Crippen LogP contribution in [0.15, 0.2) is 0 Å².